The monoisotopic (exact) mass is 204 g/mol. The van der Waals surface area contributed by atoms with Crippen molar-refractivity contribution in [3.8, 4) is 0 Å². The highest BCUT2D eigenvalue weighted by atomic mass is 16.5. The Labute approximate surface area is 89.8 Å². The zero-order valence-electron chi connectivity index (χ0n) is 8.70. The molecular weight excluding hydrogens is 188 g/mol. The third-order valence-corrected chi connectivity index (χ3v) is 2.58. The van der Waals surface area contributed by atoms with Crippen molar-refractivity contribution in [1.82, 2.24) is 0 Å². The number of nitrogens with one attached hydrogen (secondary N) is 1. The van der Waals surface area contributed by atoms with E-state index in [2.05, 4.69) is 0 Å². The fourth-order valence-corrected chi connectivity index (χ4v) is 1.41. The predicted molar refractivity (Wildman–Crippen MR) is 59.8 cm³/mol. The topological polar surface area (TPSA) is 59.1 Å². The van der Waals surface area contributed by atoms with Crippen LogP contribution in [0.3, 0.4) is 0 Å². The lowest BCUT2D eigenvalue weighted by molar-refractivity contribution is 0.111. The van der Waals surface area contributed by atoms with E-state index in [1.54, 1.807) is 0 Å². The molecule has 0 bridgehead atoms. The van der Waals surface area contributed by atoms with Gasteiger partial charge in [-0.2, -0.15) is 0 Å². The first-order chi connectivity index (χ1) is 7.25. The van der Waals surface area contributed by atoms with Gasteiger partial charge in [0.25, 0.3) is 0 Å². The fourth-order valence-electron chi connectivity index (χ4n) is 1.41. The quantitative estimate of drug-likeness (QED) is 0.568. The van der Waals surface area contributed by atoms with Crippen LogP contribution in [0.1, 0.15) is 24.0 Å². The molecule has 3 N–H and O–H groups in total. The van der Waals surface area contributed by atoms with Crippen LogP contribution < -0.4 is 5.73 Å². The van der Waals surface area contributed by atoms with Gasteiger partial charge < -0.3 is 10.5 Å². The molecule has 0 saturated heterocycles. The highest BCUT2D eigenvalue weighted by Gasteiger charge is 2.20. The Morgan fingerprint density at radius 2 is 2.00 bits per heavy atom. The van der Waals surface area contributed by atoms with Crippen molar-refractivity contribution in [3.63, 3.8) is 0 Å². The highest BCUT2D eigenvalue weighted by molar-refractivity contribution is 5.94. The molecule has 1 aromatic rings. The van der Waals surface area contributed by atoms with Crippen molar-refractivity contribution < 1.29 is 4.74 Å². The first-order valence-corrected chi connectivity index (χ1v) is 5.27. The van der Waals surface area contributed by atoms with Gasteiger partial charge in [-0.1, -0.05) is 24.3 Å². The van der Waals surface area contributed by atoms with Crippen molar-refractivity contribution in [2.24, 2.45) is 11.7 Å². The molecule has 1 fully saturated rings. The summed E-state index contributed by atoms with van der Waals surface area (Å²) in [6, 6.07) is 7.64. The normalized spacial score (nSPS) is 15.2. The molecule has 2 rings (SSSR count). The minimum absolute atomic E-state index is 0.112. The largest absolute Gasteiger partial charge is 0.384 e. The Morgan fingerprint density at radius 3 is 2.53 bits per heavy atom. The van der Waals surface area contributed by atoms with Crippen molar-refractivity contribution in [2.45, 2.75) is 19.4 Å². The molecule has 80 valence electrons. The molecule has 0 unspecified atom stereocenters. The summed E-state index contributed by atoms with van der Waals surface area (Å²) in [6.07, 6.45) is 2.65. The van der Waals surface area contributed by atoms with Gasteiger partial charge in [0.15, 0.2) is 0 Å². The summed E-state index contributed by atoms with van der Waals surface area (Å²) in [7, 11) is 0. The van der Waals surface area contributed by atoms with E-state index >= 15 is 0 Å². The lowest BCUT2D eigenvalue weighted by atomic mass is 10.1. The van der Waals surface area contributed by atoms with Gasteiger partial charge in [0.05, 0.1) is 6.61 Å². The van der Waals surface area contributed by atoms with Gasteiger partial charge in [0, 0.05) is 12.2 Å². The standard InChI is InChI=1S/C12H16N2O/c13-12(14)11-5-3-10(4-6-11)8-15-7-9-1-2-9/h3-6,9H,1-2,7-8H2,(H3,13,14). The molecule has 1 aliphatic carbocycles. The fraction of sp³-hybridized carbons (Fsp3) is 0.417. The van der Waals surface area contributed by atoms with E-state index < -0.39 is 0 Å². The Bertz CT molecular complexity index is 341. The molecular formula is C12H16N2O. The maximum absolute atomic E-state index is 7.26. The van der Waals surface area contributed by atoms with Gasteiger partial charge in [-0.25, -0.2) is 0 Å². The number of hydrogen-bond donors (Lipinski definition) is 2. The average molecular weight is 204 g/mol. The second-order valence-corrected chi connectivity index (χ2v) is 4.07. The minimum Gasteiger partial charge on any atom is -0.384 e. The zero-order valence-corrected chi connectivity index (χ0v) is 8.70. The Balaban J connectivity index is 1.83. The molecule has 0 atom stereocenters. The van der Waals surface area contributed by atoms with E-state index in [1.165, 1.54) is 12.8 Å². The summed E-state index contributed by atoms with van der Waals surface area (Å²) < 4.78 is 5.56. The molecule has 1 aliphatic rings. The second kappa shape index (κ2) is 4.45. The maximum Gasteiger partial charge on any atom is 0.122 e. The van der Waals surface area contributed by atoms with Crippen molar-refractivity contribution in [3.05, 3.63) is 35.4 Å². The number of nitrogen functional groups attached to an aromatic ring is 1. The van der Waals surface area contributed by atoms with Crippen LogP contribution in [0, 0.1) is 11.3 Å². The molecule has 0 amide bonds. The van der Waals surface area contributed by atoms with E-state index in [0.717, 1.165) is 23.7 Å². The summed E-state index contributed by atoms with van der Waals surface area (Å²) >= 11 is 0. The minimum atomic E-state index is 0.112. The van der Waals surface area contributed by atoms with Gasteiger partial charge in [-0.3, -0.25) is 5.41 Å². The summed E-state index contributed by atoms with van der Waals surface area (Å²) in [4.78, 5) is 0. The van der Waals surface area contributed by atoms with Crippen LogP contribution in [-0.4, -0.2) is 12.4 Å². The molecule has 0 heterocycles. The maximum atomic E-state index is 7.26. The molecule has 3 nitrogen and oxygen atoms in total. The van der Waals surface area contributed by atoms with Crippen LogP contribution in [-0.2, 0) is 11.3 Å². The Kier molecular flexibility index (Phi) is 3.02. The average Bonchev–Trinajstić information content (AvgIpc) is 3.02. The van der Waals surface area contributed by atoms with Crippen molar-refractivity contribution in [2.75, 3.05) is 6.61 Å². The predicted octanol–water partition coefficient (Wildman–Crippen LogP) is 1.90. The number of amidine groups is 1. The molecule has 0 radical (unpaired) electrons. The number of ether oxygens (including phenoxy) is 1. The van der Waals surface area contributed by atoms with Crippen LogP contribution in [0.2, 0.25) is 0 Å². The van der Waals surface area contributed by atoms with Crippen LogP contribution in [0.25, 0.3) is 0 Å². The van der Waals surface area contributed by atoms with Gasteiger partial charge in [-0.05, 0) is 24.3 Å². The zero-order chi connectivity index (χ0) is 10.7. The first kappa shape index (κ1) is 10.2. The van der Waals surface area contributed by atoms with Crippen LogP contribution in [0.15, 0.2) is 24.3 Å². The third-order valence-electron chi connectivity index (χ3n) is 2.58. The van der Waals surface area contributed by atoms with E-state index in [4.69, 9.17) is 15.9 Å². The lowest BCUT2D eigenvalue weighted by Crippen LogP contribution is -2.10. The van der Waals surface area contributed by atoms with E-state index in [9.17, 15) is 0 Å². The SMILES string of the molecule is N=C(N)c1ccc(COCC2CC2)cc1. The van der Waals surface area contributed by atoms with E-state index in [-0.39, 0.29) is 5.84 Å². The van der Waals surface area contributed by atoms with E-state index in [0.29, 0.717) is 6.61 Å². The summed E-state index contributed by atoms with van der Waals surface area (Å²) in [6.45, 7) is 1.54. The van der Waals surface area contributed by atoms with Gasteiger partial charge >= 0.3 is 0 Å². The highest BCUT2D eigenvalue weighted by Crippen LogP contribution is 2.29. The third kappa shape index (κ3) is 3.06. The molecule has 0 spiro atoms. The molecule has 1 aromatic carbocycles. The Hall–Kier alpha value is -1.35. The van der Waals surface area contributed by atoms with Crippen LogP contribution >= 0.6 is 0 Å². The summed E-state index contributed by atoms with van der Waals surface area (Å²) in [5.41, 5.74) is 7.27. The van der Waals surface area contributed by atoms with E-state index in [1.807, 2.05) is 24.3 Å². The van der Waals surface area contributed by atoms with Crippen LogP contribution in [0.5, 0.6) is 0 Å². The van der Waals surface area contributed by atoms with Crippen molar-refractivity contribution >= 4 is 5.84 Å². The first-order valence-electron chi connectivity index (χ1n) is 5.27. The number of rotatable bonds is 5. The lowest BCUT2D eigenvalue weighted by Gasteiger charge is -2.04. The smallest absolute Gasteiger partial charge is 0.122 e. The van der Waals surface area contributed by atoms with Gasteiger partial charge in [0.2, 0.25) is 0 Å². The number of hydrogen-bond acceptors (Lipinski definition) is 2. The summed E-state index contributed by atoms with van der Waals surface area (Å²) in [5, 5.41) is 7.26. The molecule has 3 heteroatoms. The van der Waals surface area contributed by atoms with Gasteiger partial charge in [0.1, 0.15) is 5.84 Å². The molecule has 0 aromatic heterocycles. The summed E-state index contributed by atoms with van der Waals surface area (Å²) in [5.74, 6) is 0.918. The second-order valence-electron chi connectivity index (χ2n) is 4.07. The van der Waals surface area contributed by atoms with Crippen LogP contribution in [0.4, 0.5) is 0 Å². The van der Waals surface area contributed by atoms with Gasteiger partial charge in [-0.15, -0.1) is 0 Å². The number of nitrogens with two attached hydrogens (primary N) is 1. The Morgan fingerprint density at radius 1 is 1.33 bits per heavy atom. The molecule has 15 heavy (non-hydrogen) atoms. The van der Waals surface area contributed by atoms with Crippen molar-refractivity contribution in [1.29, 1.82) is 5.41 Å². The molecule has 1 saturated carbocycles. The molecule has 0 aliphatic heterocycles. The number of benzene rings is 1.